The number of benzene rings is 2. The third-order valence-corrected chi connectivity index (χ3v) is 5.82. The van der Waals surface area contributed by atoms with E-state index < -0.39 is 6.04 Å². The number of halogens is 3. The molecule has 0 radical (unpaired) electrons. The van der Waals surface area contributed by atoms with Crippen molar-refractivity contribution in [3.63, 3.8) is 0 Å². The summed E-state index contributed by atoms with van der Waals surface area (Å²) in [6.07, 6.45) is 0.714. The van der Waals surface area contributed by atoms with Gasteiger partial charge in [0.25, 0.3) is 0 Å². The quantitative estimate of drug-likeness (QED) is 0.386. The summed E-state index contributed by atoms with van der Waals surface area (Å²) < 4.78 is 5.67. The Morgan fingerprint density at radius 1 is 1.00 bits per heavy atom. The van der Waals surface area contributed by atoms with Crippen molar-refractivity contribution in [1.82, 2.24) is 10.2 Å². The number of ether oxygens (including phenoxy) is 1. The Kier molecular flexibility index (Phi) is 10.6. The zero-order valence-corrected chi connectivity index (χ0v) is 20.8. The molecule has 0 heterocycles. The fraction of sp³-hybridized carbons (Fsp3) is 0.417. The van der Waals surface area contributed by atoms with Crippen LogP contribution in [0.25, 0.3) is 0 Å². The van der Waals surface area contributed by atoms with E-state index in [0.29, 0.717) is 51.9 Å². The van der Waals surface area contributed by atoms with Gasteiger partial charge in [0.2, 0.25) is 11.8 Å². The minimum absolute atomic E-state index is 0.144. The normalized spacial score (nSPS) is 11.8. The molecule has 0 aliphatic rings. The van der Waals surface area contributed by atoms with Gasteiger partial charge in [-0.15, -0.1) is 0 Å². The highest BCUT2D eigenvalue weighted by molar-refractivity contribution is 6.36. The van der Waals surface area contributed by atoms with Crippen LogP contribution in [0.2, 0.25) is 15.1 Å². The van der Waals surface area contributed by atoms with Gasteiger partial charge < -0.3 is 15.0 Å². The highest BCUT2D eigenvalue weighted by Crippen LogP contribution is 2.27. The number of amides is 2. The summed E-state index contributed by atoms with van der Waals surface area (Å²) in [4.78, 5) is 27.3. The van der Waals surface area contributed by atoms with Crippen molar-refractivity contribution >= 4 is 46.6 Å². The van der Waals surface area contributed by atoms with Crippen molar-refractivity contribution in [2.75, 3.05) is 13.2 Å². The number of carbonyl (C=O) groups excluding carboxylic acids is 2. The average molecular weight is 500 g/mol. The van der Waals surface area contributed by atoms with E-state index in [9.17, 15) is 9.59 Å². The molecule has 0 spiro atoms. The minimum Gasteiger partial charge on any atom is -0.494 e. The van der Waals surface area contributed by atoms with E-state index >= 15 is 0 Å². The summed E-state index contributed by atoms with van der Waals surface area (Å²) in [6.45, 7) is 6.78. The molecule has 2 aromatic carbocycles. The van der Waals surface area contributed by atoms with E-state index in [-0.39, 0.29) is 24.8 Å². The van der Waals surface area contributed by atoms with Crippen LogP contribution in [0.15, 0.2) is 42.5 Å². The number of hydrogen-bond donors (Lipinski definition) is 1. The van der Waals surface area contributed by atoms with Crippen LogP contribution in [0.1, 0.15) is 39.2 Å². The summed E-state index contributed by atoms with van der Waals surface area (Å²) in [5, 5.41) is 4.43. The smallest absolute Gasteiger partial charge is 0.242 e. The van der Waals surface area contributed by atoms with E-state index in [2.05, 4.69) is 5.32 Å². The van der Waals surface area contributed by atoms with E-state index in [1.807, 2.05) is 13.8 Å². The van der Waals surface area contributed by atoms with Crippen molar-refractivity contribution < 1.29 is 14.3 Å². The van der Waals surface area contributed by atoms with Gasteiger partial charge in [0.1, 0.15) is 11.8 Å². The molecule has 32 heavy (non-hydrogen) atoms. The molecule has 5 nitrogen and oxygen atoms in total. The van der Waals surface area contributed by atoms with E-state index in [1.54, 1.807) is 49.4 Å². The van der Waals surface area contributed by atoms with Gasteiger partial charge in [-0.3, -0.25) is 9.59 Å². The molecule has 0 bridgehead atoms. The van der Waals surface area contributed by atoms with Crippen LogP contribution in [0, 0.1) is 5.92 Å². The summed E-state index contributed by atoms with van der Waals surface area (Å²) in [5.41, 5.74) is 0.616. The lowest BCUT2D eigenvalue weighted by Gasteiger charge is -2.29. The van der Waals surface area contributed by atoms with E-state index in [4.69, 9.17) is 39.5 Å². The number of nitrogens with one attached hydrogen (secondary N) is 1. The fourth-order valence-corrected chi connectivity index (χ4v) is 3.62. The number of carbonyl (C=O) groups is 2. The molecule has 0 aliphatic heterocycles. The molecule has 1 N–H and O–H groups in total. The molecule has 1 atom stereocenters. The number of hydrogen-bond acceptors (Lipinski definition) is 3. The van der Waals surface area contributed by atoms with Crippen LogP contribution in [-0.4, -0.2) is 35.9 Å². The van der Waals surface area contributed by atoms with Crippen LogP contribution in [0.3, 0.4) is 0 Å². The standard InChI is InChI=1S/C24H29Cl3N2O3/c1-16(2)14-28-24(31)17(3)29(15-20-21(26)6-4-7-22(20)27)23(30)8-5-13-32-19-11-9-18(25)10-12-19/h4,6-7,9-12,16-17H,5,8,13-15H2,1-3H3,(H,28,31)/t17-/m1/s1. The van der Waals surface area contributed by atoms with Crippen molar-refractivity contribution in [2.45, 2.75) is 46.2 Å². The molecular weight excluding hydrogens is 471 g/mol. The van der Waals surface area contributed by atoms with Crippen LogP contribution in [-0.2, 0) is 16.1 Å². The van der Waals surface area contributed by atoms with Gasteiger partial charge in [-0.2, -0.15) is 0 Å². The van der Waals surface area contributed by atoms with Crippen LogP contribution in [0.5, 0.6) is 5.75 Å². The maximum atomic E-state index is 13.1. The minimum atomic E-state index is -0.675. The first-order valence-electron chi connectivity index (χ1n) is 10.6. The van der Waals surface area contributed by atoms with Crippen LogP contribution < -0.4 is 10.1 Å². The van der Waals surface area contributed by atoms with Crippen molar-refractivity contribution in [3.05, 3.63) is 63.1 Å². The molecule has 2 rings (SSSR count). The maximum Gasteiger partial charge on any atom is 0.242 e. The van der Waals surface area contributed by atoms with Gasteiger partial charge in [0.05, 0.1) is 6.61 Å². The van der Waals surface area contributed by atoms with Crippen molar-refractivity contribution in [1.29, 1.82) is 0 Å². The van der Waals surface area contributed by atoms with Crippen molar-refractivity contribution in [3.8, 4) is 5.75 Å². The highest BCUT2D eigenvalue weighted by Gasteiger charge is 2.27. The zero-order chi connectivity index (χ0) is 23.7. The molecule has 0 unspecified atom stereocenters. The Bertz CT molecular complexity index is 884. The van der Waals surface area contributed by atoms with Crippen LogP contribution >= 0.6 is 34.8 Å². The first kappa shape index (κ1) is 26.3. The van der Waals surface area contributed by atoms with Gasteiger partial charge >= 0.3 is 0 Å². The second-order valence-corrected chi connectivity index (χ2v) is 9.19. The Morgan fingerprint density at radius 2 is 1.62 bits per heavy atom. The molecule has 174 valence electrons. The van der Waals surface area contributed by atoms with Crippen molar-refractivity contribution in [2.24, 2.45) is 5.92 Å². The van der Waals surface area contributed by atoms with E-state index in [0.717, 1.165) is 0 Å². The lowest BCUT2D eigenvalue weighted by atomic mass is 10.1. The summed E-state index contributed by atoms with van der Waals surface area (Å²) in [7, 11) is 0. The second-order valence-electron chi connectivity index (χ2n) is 7.94. The molecule has 2 aromatic rings. The number of nitrogens with zero attached hydrogens (tertiary/aromatic N) is 1. The second kappa shape index (κ2) is 12.9. The van der Waals surface area contributed by atoms with Crippen LogP contribution in [0.4, 0.5) is 0 Å². The van der Waals surface area contributed by atoms with Gasteiger partial charge in [-0.05, 0) is 55.7 Å². The van der Waals surface area contributed by atoms with Gasteiger partial charge in [-0.25, -0.2) is 0 Å². The Labute approximate surface area is 205 Å². The molecular formula is C24H29Cl3N2O3. The average Bonchev–Trinajstić information content (AvgIpc) is 2.75. The lowest BCUT2D eigenvalue weighted by Crippen LogP contribution is -2.48. The first-order chi connectivity index (χ1) is 15.2. The SMILES string of the molecule is CC(C)CNC(=O)[C@@H](C)N(Cc1c(Cl)cccc1Cl)C(=O)CCCOc1ccc(Cl)cc1. The molecule has 0 saturated heterocycles. The highest BCUT2D eigenvalue weighted by atomic mass is 35.5. The summed E-state index contributed by atoms with van der Waals surface area (Å²) in [5.74, 6) is 0.599. The fourth-order valence-electron chi connectivity index (χ4n) is 2.98. The van der Waals surface area contributed by atoms with Gasteiger partial charge in [0.15, 0.2) is 0 Å². The third kappa shape index (κ3) is 8.19. The third-order valence-electron chi connectivity index (χ3n) is 4.86. The zero-order valence-electron chi connectivity index (χ0n) is 18.5. The van der Waals surface area contributed by atoms with Gasteiger partial charge in [-0.1, -0.05) is 54.7 Å². The maximum absolute atomic E-state index is 13.1. The lowest BCUT2D eigenvalue weighted by molar-refractivity contribution is -0.140. The predicted molar refractivity (Wildman–Crippen MR) is 131 cm³/mol. The molecule has 0 aromatic heterocycles. The molecule has 0 fully saturated rings. The van der Waals surface area contributed by atoms with E-state index in [1.165, 1.54) is 4.90 Å². The Hall–Kier alpha value is -1.95. The number of rotatable bonds is 11. The molecule has 0 aliphatic carbocycles. The van der Waals surface area contributed by atoms with Gasteiger partial charge in [0, 0.05) is 40.1 Å². The Morgan fingerprint density at radius 3 is 2.22 bits per heavy atom. The summed E-state index contributed by atoms with van der Waals surface area (Å²) in [6, 6.07) is 11.5. The largest absolute Gasteiger partial charge is 0.494 e. The topological polar surface area (TPSA) is 58.6 Å². The predicted octanol–water partition coefficient (Wildman–Crippen LogP) is 6.00. The first-order valence-corrected chi connectivity index (χ1v) is 11.7. The summed E-state index contributed by atoms with van der Waals surface area (Å²) >= 11 is 18.5. The Balaban J connectivity index is 2.05. The molecule has 0 saturated carbocycles. The molecule has 8 heteroatoms. The molecule has 2 amide bonds. The monoisotopic (exact) mass is 498 g/mol.